The molecular formula is C15H27N3O2S. The smallest absolute Gasteiger partial charge is 0.186 e. The summed E-state index contributed by atoms with van der Waals surface area (Å²) in [6, 6.07) is 0. The second-order valence-corrected chi connectivity index (χ2v) is 7.01. The lowest BCUT2D eigenvalue weighted by Gasteiger charge is -2.30. The zero-order valence-corrected chi connectivity index (χ0v) is 14.3. The Morgan fingerprint density at radius 1 is 1.52 bits per heavy atom. The quantitative estimate of drug-likeness (QED) is 0.836. The van der Waals surface area contributed by atoms with Crippen molar-refractivity contribution in [1.82, 2.24) is 10.3 Å². The van der Waals surface area contributed by atoms with Gasteiger partial charge in [-0.05, 0) is 19.4 Å². The zero-order valence-electron chi connectivity index (χ0n) is 13.5. The maximum atomic E-state index is 5.60. The lowest BCUT2D eigenvalue weighted by molar-refractivity contribution is 0.0532. The Morgan fingerprint density at radius 3 is 3.00 bits per heavy atom. The molecular weight excluding hydrogens is 286 g/mol. The fourth-order valence-corrected chi connectivity index (χ4v) is 3.43. The Bertz CT molecular complexity index is 437. The third-order valence-electron chi connectivity index (χ3n) is 3.40. The van der Waals surface area contributed by atoms with Crippen molar-refractivity contribution >= 4 is 16.5 Å². The minimum atomic E-state index is 0.274. The molecule has 0 bridgehead atoms. The van der Waals surface area contributed by atoms with E-state index in [1.807, 2.05) is 0 Å². The number of nitrogens with zero attached hydrogens (tertiary/aromatic N) is 2. The second-order valence-electron chi connectivity index (χ2n) is 5.95. The van der Waals surface area contributed by atoms with Gasteiger partial charge in [0.25, 0.3) is 0 Å². The molecule has 1 saturated heterocycles. The van der Waals surface area contributed by atoms with Crippen molar-refractivity contribution in [3.8, 4) is 0 Å². The molecule has 2 heterocycles. The van der Waals surface area contributed by atoms with Crippen LogP contribution in [-0.2, 0) is 22.6 Å². The molecule has 1 unspecified atom stereocenters. The molecule has 1 aromatic heterocycles. The Hall–Kier alpha value is -0.690. The summed E-state index contributed by atoms with van der Waals surface area (Å²) >= 11 is 1.78. The van der Waals surface area contributed by atoms with E-state index < -0.39 is 0 Å². The molecule has 0 aliphatic carbocycles. The van der Waals surface area contributed by atoms with Gasteiger partial charge < -0.3 is 19.7 Å². The molecule has 120 valence electrons. The number of hydrogen-bond acceptors (Lipinski definition) is 6. The third kappa shape index (κ3) is 4.92. The first-order valence-electron chi connectivity index (χ1n) is 7.65. The zero-order chi connectivity index (χ0) is 15.2. The fourth-order valence-electron chi connectivity index (χ4n) is 2.36. The SMILES string of the molecule is COCc1nc(N2CCOC(C)C2)sc1CNCC(C)C. The maximum absolute atomic E-state index is 5.60. The van der Waals surface area contributed by atoms with Gasteiger partial charge in [0.15, 0.2) is 5.13 Å². The van der Waals surface area contributed by atoms with E-state index in [2.05, 4.69) is 31.0 Å². The van der Waals surface area contributed by atoms with E-state index in [1.165, 1.54) is 4.88 Å². The molecule has 0 saturated carbocycles. The topological polar surface area (TPSA) is 46.6 Å². The normalized spacial score (nSPS) is 19.5. The lowest BCUT2D eigenvalue weighted by Crippen LogP contribution is -2.41. The minimum Gasteiger partial charge on any atom is -0.378 e. The van der Waals surface area contributed by atoms with E-state index >= 15 is 0 Å². The van der Waals surface area contributed by atoms with Crippen LogP contribution in [0.2, 0.25) is 0 Å². The van der Waals surface area contributed by atoms with Crippen molar-refractivity contribution < 1.29 is 9.47 Å². The van der Waals surface area contributed by atoms with Crippen LogP contribution in [0, 0.1) is 5.92 Å². The first-order chi connectivity index (χ1) is 10.1. The molecule has 21 heavy (non-hydrogen) atoms. The molecule has 1 aliphatic rings. The van der Waals surface area contributed by atoms with Crippen LogP contribution in [0.3, 0.4) is 0 Å². The van der Waals surface area contributed by atoms with Crippen molar-refractivity contribution in [2.24, 2.45) is 5.92 Å². The molecule has 1 aromatic rings. The summed E-state index contributed by atoms with van der Waals surface area (Å²) in [5.74, 6) is 0.656. The summed E-state index contributed by atoms with van der Waals surface area (Å²) < 4.78 is 10.9. The summed E-state index contributed by atoms with van der Waals surface area (Å²) in [4.78, 5) is 8.39. The Labute approximate surface area is 131 Å². The predicted molar refractivity (Wildman–Crippen MR) is 87.0 cm³/mol. The number of morpholine rings is 1. The largest absolute Gasteiger partial charge is 0.378 e. The lowest BCUT2D eigenvalue weighted by atomic mass is 10.2. The monoisotopic (exact) mass is 313 g/mol. The van der Waals surface area contributed by atoms with Crippen LogP contribution in [0.25, 0.3) is 0 Å². The van der Waals surface area contributed by atoms with E-state index in [9.17, 15) is 0 Å². The van der Waals surface area contributed by atoms with E-state index in [4.69, 9.17) is 14.5 Å². The average molecular weight is 313 g/mol. The number of hydrogen-bond donors (Lipinski definition) is 1. The highest BCUT2D eigenvalue weighted by molar-refractivity contribution is 7.15. The number of ether oxygens (including phenoxy) is 2. The molecule has 0 amide bonds. The number of thiazole rings is 1. The van der Waals surface area contributed by atoms with Crippen LogP contribution < -0.4 is 10.2 Å². The number of rotatable bonds is 7. The van der Waals surface area contributed by atoms with Crippen LogP contribution in [0.4, 0.5) is 5.13 Å². The summed E-state index contributed by atoms with van der Waals surface area (Å²) in [6.45, 7) is 11.6. The van der Waals surface area contributed by atoms with Crippen molar-refractivity contribution in [1.29, 1.82) is 0 Å². The van der Waals surface area contributed by atoms with Gasteiger partial charge in [-0.3, -0.25) is 0 Å². The van der Waals surface area contributed by atoms with E-state index in [-0.39, 0.29) is 6.10 Å². The second kappa shape index (κ2) is 8.08. The molecule has 0 spiro atoms. The Kier molecular flexibility index (Phi) is 6.41. The molecule has 1 atom stereocenters. The van der Waals surface area contributed by atoms with Gasteiger partial charge in [-0.25, -0.2) is 4.98 Å². The van der Waals surface area contributed by atoms with Crippen molar-refractivity contribution in [2.75, 3.05) is 38.3 Å². The number of anilines is 1. The van der Waals surface area contributed by atoms with Crippen LogP contribution in [0.1, 0.15) is 31.3 Å². The van der Waals surface area contributed by atoms with Crippen LogP contribution in [0.15, 0.2) is 0 Å². The number of nitrogens with one attached hydrogen (secondary N) is 1. The molecule has 1 N–H and O–H groups in total. The first kappa shape index (κ1) is 16.7. The van der Waals surface area contributed by atoms with E-state index in [0.717, 1.165) is 43.6 Å². The van der Waals surface area contributed by atoms with Crippen molar-refractivity contribution in [3.05, 3.63) is 10.6 Å². The standard InChI is InChI=1S/C15H27N3O2S/c1-11(2)7-16-8-14-13(10-19-4)17-15(21-14)18-5-6-20-12(3)9-18/h11-12,16H,5-10H2,1-4H3. The van der Waals surface area contributed by atoms with Gasteiger partial charge in [0.2, 0.25) is 0 Å². The van der Waals surface area contributed by atoms with Crippen molar-refractivity contribution in [2.45, 2.75) is 40.0 Å². The molecule has 1 fully saturated rings. The Morgan fingerprint density at radius 2 is 2.33 bits per heavy atom. The number of aromatic nitrogens is 1. The highest BCUT2D eigenvalue weighted by Crippen LogP contribution is 2.28. The summed E-state index contributed by atoms with van der Waals surface area (Å²) in [7, 11) is 1.72. The van der Waals surface area contributed by atoms with Gasteiger partial charge in [-0.2, -0.15) is 0 Å². The van der Waals surface area contributed by atoms with Crippen LogP contribution in [0.5, 0.6) is 0 Å². The summed E-state index contributed by atoms with van der Waals surface area (Å²) in [5.41, 5.74) is 1.06. The van der Waals surface area contributed by atoms with E-state index in [1.54, 1.807) is 18.4 Å². The molecule has 0 radical (unpaired) electrons. The van der Waals surface area contributed by atoms with Gasteiger partial charge in [-0.1, -0.05) is 13.8 Å². The Balaban J connectivity index is 2.04. The molecule has 6 heteroatoms. The average Bonchev–Trinajstić information content (AvgIpc) is 2.82. The number of methoxy groups -OCH3 is 1. The van der Waals surface area contributed by atoms with Gasteiger partial charge >= 0.3 is 0 Å². The van der Waals surface area contributed by atoms with Gasteiger partial charge in [0.05, 0.1) is 25.0 Å². The minimum absolute atomic E-state index is 0.274. The molecule has 0 aromatic carbocycles. The summed E-state index contributed by atoms with van der Waals surface area (Å²) in [5, 5.41) is 4.59. The van der Waals surface area contributed by atoms with Gasteiger partial charge in [0, 0.05) is 31.6 Å². The van der Waals surface area contributed by atoms with Gasteiger partial charge in [0.1, 0.15) is 0 Å². The van der Waals surface area contributed by atoms with Crippen LogP contribution in [-0.4, -0.2) is 44.4 Å². The highest BCUT2D eigenvalue weighted by Gasteiger charge is 2.21. The fraction of sp³-hybridized carbons (Fsp3) is 0.800. The first-order valence-corrected chi connectivity index (χ1v) is 8.46. The van der Waals surface area contributed by atoms with E-state index in [0.29, 0.717) is 12.5 Å². The molecule has 2 rings (SSSR count). The molecule has 1 aliphatic heterocycles. The maximum Gasteiger partial charge on any atom is 0.186 e. The van der Waals surface area contributed by atoms with Gasteiger partial charge in [-0.15, -0.1) is 11.3 Å². The summed E-state index contributed by atoms with van der Waals surface area (Å²) in [6.07, 6.45) is 0.274. The highest BCUT2D eigenvalue weighted by atomic mass is 32.1. The predicted octanol–water partition coefficient (Wildman–Crippen LogP) is 2.26. The third-order valence-corrected chi connectivity index (χ3v) is 4.56. The van der Waals surface area contributed by atoms with Crippen LogP contribution >= 0.6 is 11.3 Å². The van der Waals surface area contributed by atoms with Crippen molar-refractivity contribution in [3.63, 3.8) is 0 Å². The molecule has 5 nitrogen and oxygen atoms in total.